The molecule has 4 heteroatoms. The predicted octanol–water partition coefficient (Wildman–Crippen LogP) is 2.37. The van der Waals surface area contributed by atoms with Crippen LogP contribution in [-0.2, 0) is 9.53 Å². The number of benzene rings is 1. The Balaban J connectivity index is 1.85. The van der Waals surface area contributed by atoms with Crippen LogP contribution in [0.4, 0.5) is 0 Å². The molecule has 0 spiro atoms. The number of esters is 1. The highest BCUT2D eigenvalue weighted by atomic mass is 16.5. The smallest absolute Gasteiger partial charge is 0.338 e. The van der Waals surface area contributed by atoms with Crippen molar-refractivity contribution >= 4 is 11.9 Å². The zero-order valence-corrected chi connectivity index (χ0v) is 12.2. The molecular weight excluding hydrogens is 254 g/mol. The molecule has 1 aliphatic carbocycles. The van der Waals surface area contributed by atoms with Crippen molar-refractivity contribution in [2.24, 2.45) is 5.92 Å². The van der Waals surface area contributed by atoms with Crippen LogP contribution in [0.3, 0.4) is 0 Å². The van der Waals surface area contributed by atoms with E-state index in [4.69, 9.17) is 4.74 Å². The molecule has 2 rings (SSSR count). The molecule has 1 aromatic carbocycles. The third-order valence-corrected chi connectivity index (χ3v) is 3.67. The maximum absolute atomic E-state index is 12.0. The van der Waals surface area contributed by atoms with Crippen LogP contribution in [0.25, 0.3) is 0 Å². The number of rotatable bonds is 5. The van der Waals surface area contributed by atoms with E-state index in [0.29, 0.717) is 11.5 Å². The van der Waals surface area contributed by atoms with Gasteiger partial charge in [0, 0.05) is 6.04 Å². The van der Waals surface area contributed by atoms with Crippen molar-refractivity contribution < 1.29 is 14.3 Å². The van der Waals surface area contributed by atoms with E-state index in [2.05, 4.69) is 5.32 Å². The first-order chi connectivity index (χ1) is 9.47. The van der Waals surface area contributed by atoms with Crippen LogP contribution in [-0.4, -0.2) is 24.5 Å². The molecule has 0 radical (unpaired) electrons. The first kappa shape index (κ1) is 14.6. The molecule has 1 atom stereocenters. The van der Waals surface area contributed by atoms with Crippen LogP contribution < -0.4 is 5.32 Å². The highest BCUT2D eigenvalue weighted by Gasteiger charge is 2.29. The zero-order valence-electron chi connectivity index (χ0n) is 12.2. The lowest BCUT2D eigenvalue weighted by molar-refractivity contribution is -0.124. The Morgan fingerprint density at radius 2 is 2.05 bits per heavy atom. The SMILES string of the molecule is Cc1ccc(C)c(C(=O)OCC(=O)N[C@H](C)C2CC2)c1. The number of carbonyl (C=O) groups is 2. The van der Waals surface area contributed by atoms with Gasteiger partial charge in [-0.1, -0.05) is 17.7 Å². The average molecular weight is 275 g/mol. The number of hydrogen-bond acceptors (Lipinski definition) is 3. The minimum atomic E-state index is -0.444. The number of nitrogens with one attached hydrogen (secondary N) is 1. The fraction of sp³-hybridized carbons (Fsp3) is 0.500. The second-order valence-corrected chi connectivity index (χ2v) is 5.59. The summed E-state index contributed by atoms with van der Waals surface area (Å²) in [6.45, 7) is 5.54. The van der Waals surface area contributed by atoms with E-state index < -0.39 is 5.97 Å². The van der Waals surface area contributed by atoms with Gasteiger partial charge in [-0.15, -0.1) is 0 Å². The van der Waals surface area contributed by atoms with Gasteiger partial charge in [0.25, 0.3) is 5.91 Å². The maximum atomic E-state index is 12.0. The van der Waals surface area contributed by atoms with Crippen molar-refractivity contribution in [1.29, 1.82) is 0 Å². The van der Waals surface area contributed by atoms with Gasteiger partial charge in [0.1, 0.15) is 0 Å². The number of carbonyl (C=O) groups excluding carboxylic acids is 2. The lowest BCUT2D eigenvalue weighted by Gasteiger charge is -2.13. The standard InChI is InChI=1S/C16H21NO3/c1-10-4-5-11(2)14(8-10)16(19)20-9-15(18)17-12(3)13-6-7-13/h4-5,8,12-13H,6-7,9H2,1-3H3,(H,17,18)/t12-/m1/s1. The molecule has 0 unspecified atom stereocenters. The highest BCUT2D eigenvalue weighted by molar-refractivity contribution is 5.92. The van der Waals surface area contributed by atoms with Gasteiger partial charge in [-0.25, -0.2) is 4.79 Å². The van der Waals surface area contributed by atoms with Crippen LogP contribution >= 0.6 is 0 Å². The maximum Gasteiger partial charge on any atom is 0.338 e. The summed E-state index contributed by atoms with van der Waals surface area (Å²) in [7, 11) is 0. The summed E-state index contributed by atoms with van der Waals surface area (Å²) in [6, 6.07) is 5.77. The molecule has 0 bridgehead atoms. The Morgan fingerprint density at radius 3 is 2.70 bits per heavy atom. The Labute approximate surface area is 119 Å². The lowest BCUT2D eigenvalue weighted by Crippen LogP contribution is -2.37. The molecule has 1 N–H and O–H groups in total. The second kappa shape index (κ2) is 6.07. The fourth-order valence-corrected chi connectivity index (χ4v) is 2.17. The van der Waals surface area contributed by atoms with Gasteiger partial charge in [0.2, 0.25) is 0 Å². The van der Waals surface area contributed by atoms with E-state index in [0.717, 1.165) is 11.1 Å². The summed E-state index contributed by atoms with van der Waals surface area (Å²) in [5, 5.41) is 2.86. The first-order valence-corrected chi connectivity index (χ1v) is 7.01. The van der Waals surface area contributed by atoms with Crippen LogP contribution in [0.15, 0.2) is 18.2 Å². The predicted molar refractivity (Wildman–Crippen MR) is 76.5 cm³/mol. The summed E-state index contributed by atoms with van der Waals surface area (Å²) in [5.74, 6) is -0.0860. The van der Waals surface area contributed by atoms with Crippen molar-refractivity contribution in [2.75, 3.05) is 6.61 Å². The molecule has 1 amide bonds. The summed E-state index contributed by atoms with van der Waals surface area (Å²) < 4.78 is 5.08. The average Bonchev–Trinajstić information content (AvgIpc) is 3.23. The fourth-order valence-electron chi connectivity index (χ4n) is 2.17. The van der Waals surface area contributed by atoms with E-state index in [1.807, 2.05) is 32.9 Å². The minimum Gasteiger partial charge on any atom is -0.452 e. The summed E-state index contributed by atoms with van der Waals surface area (Å²) >= 11 is 0. The molecule has 0 saturated heterocycles. The number of hydrogen-bond donors (Lipinski definition) is 1. The van der Waals surface area contributed by atoms with Gasteiger partial charge in [0.05, 0.1) is 5.56 Å². The molecule has 0 heterocycles. The van der Waals surface area contributed by atoms with E-state index in [1.54, 1.807) is 6.07 Å². The molecule has 0 aromatic heterocycles. The zero-order chi connectivity index (χ0) is 14.7. The third-order valence-electron chi connectivity index (χ3n) is 3.67. The third kappa shape index (κ3) is 3.83. The summed E-state index contributed by atoms with van der Waals surface area (Å²) in [6.07, 6.45) is 2.34. The lowest BCUT2D eigenvalue weighted by atomic mass is 10.1. The molecular formula is C16H21NO3. The normalized spacial score (nSPS) is 15.6. The topological polar surface area (TPSA) is 55.4 Å². The molecule has 1 aliphatic rings. The van der Waals surface area contributed by atoms with Gasteiger partial charge in [-0.05, 0) is 51.2 Å². The van der Waals surface area contributed by atoms with E-state index in [1.165, 1.54) is 12.8 Å². The Bertz CT molecular complexity index is 520. The van der Waals surface area contributed by atoms with E-state index >= 15 is 0 Å². The second-order valence-electron chi connectivity index (χ2n) is 5.59. The molecule has 108 valence electrons. The van der Waals surface area contributed by atoms with E-state index in [-0.39, 0.29) is 18.6 Å². The number of ether oxygens (including phenoxy) is 1. The van der Waals surface area contributed by atoms with Crippen LogP contribution in [0.1, 0.15) is 41.3 Å². The van der Waals surface area contributed by atoms with Crippen molar-refractivity contribution in [3.63, 3.8) is 0 Å². The summed E-state index contributed by atoms with van der Waals surface area (Å²) in [5.41, 5.74) is 2.37. The summed E-state index contributed by atoms with van der Waals surface area (Å²) in [4.78, 5) is 23.6. The number of aryl methyl sites for hydroxylation is 2. The van der Waals surface area contributed by atoms with Crippen LogP contribution in [0.2, 0.25) is 0 Å². The van der Waals surface area contributed by atoms with Crippen molar-refractivity contribution in [1.82, 2.24) is 5.32 Å². The highest BCUT2D eigenvalue weighted by Crippen LogP contribution is 2.32. The minimum absolute atomic E-state index is 0.168. The van der Waals surface area contributed by atoms with Gasteiger partial charge in [0.15, 0.2) is 6.61 Å². The van der Waals surface area contributed by atoms with E-state index in [9.17, 15) is 9.59 Å². The van der Waals surface area contributed by atoms with Crippen LogP contribution in [0.5, 0.6) is 0 Å². The van der Waals surface area contributed by atoms with Crippen LogP contribution in [0, 0.1) is 19.8 Å². The molecule has 20 heavy (non-hydrogen) atoms. The molecule has 1 aromatic rings. The molecule has 0 aliphatic heterocycles. The molecule has 4 nitrogen and oxygen atoms in total. The Morgan fingerprint density at radius 1 is 1.35 bits per heavy atom. The molecule has 1 saturated carbocycles. The van der Waals surface area contributed by atoms with Gasteiger partial charge >= 0.3 is 5.97 Å². The van der Waals surface area contributed by atoms with Crippen molar-refractivity contribution in [3.05, 3.63) is 34.9 Å². The quantitative estimate of drug-likeness (QED) is 0.839. The van der Waals surface area contributed by atoms with Gasteiger partial charge in [-0.3, -0.25) is 4.79 Å². The van der Waals surface area contributed by atoms with Crippen molar-refractivity contribution in [3.8, 4) is 0 Å². The Kier molecular flexibility index (Phi) is 4.42. The monoisotopic (exact) mass is 275 g/mol. The van der Waals surface area contributed by atoms with Gasteiger partial charge in [-0.2, -0.15) is 0 Å². The Hall–Kier alpha value is -1.84. The number of amides is 1. The molecule has 1 fully saturated rings. The van der Waals surface area contributed by atoms with Crippen molar-refractivity contribution in [2.45, 2.75) is 39.7 Å². The largest absolute Gasteiger partial charge is 0.452 e. The van der Waals surface area contributed by atoms with Gasteiger partial charge < -0.3 is 10.1 Å². The first-order valence-electron chi connectivity index (χ1n) is 7.01.